The monoisotopic (exact) mass is 284 g/mol. The van der Waals surface area contributed by atoms with E-state index in [-0.39, 0.29) is 17.6 Å². The number of ketones is 1. The van der Waals surface area contributed by atoms with Crippen molar-refractivity contribution in [1.29, 1.82) is 0 Å². The zero-order valence-electron chi connectivity index (χ0n) is 10.9. The Kier molecular flexibility index (Phi) is 4.16. The molecule has 2 heterocycles. The van der Waals surface area contributed by atoms with E-state index in [1.54, 1.807) is 0 Å². The summed E-state index contributed by atoms with van der Waals surface area (Å²) in [6.07, 6.45) is 0.964. The Morgan fingerprint density at radius 3 is 3.00 bits per heavy atom. The highest BCUT2D eigenvalue weighted by molar-refractivity contribution is 7.18. The third kappa shape index (κ3) is 2.93. The van der Waals surface area contributed by atoms with Gasteiger partial charge in [-0.2, -0.15) is 0 Å². The molecule has 19 heavy (non-hydrogen) atoms. The van der Waals surface area contributed by atoms with Crippen LogP contribution in [0.3, 0.4) is 0 Å². The first-order valence-electron chi connectivity index (χ1n) is 6.18. The number of rotatable bonds is 4. The Morgan fingerprint density at radius 1 is 1.68 bits per heavy atom. The van der Waals surface area contributed by atoms with Crippen molar-refractivity contribution in [1.82, 2.24) is 0 Å². The van der Waals surface area contributed by atoms with Gasteiger partial charge in [0.25, 0.3) is 0 Å². The molecule has 0 saturated carbocycles. The quantitative estimate of drug-likeness (QED) is 0.482. The van der Waals surface area contributed by atoms with E-state index in [1.807, 2.05) is 11.8 Å². The fraction of sp³-hybridized carbons (Fsp3) is 0.583. The molecular formula is C12H16N2O4S. The van der Waals surface area contributed by atoms with E-state index in [0.29, 0.717) is 29.6 Å². The summed E-state index contributed by atoms with van der Waals surface area (Å²) in [5.74, 6) is -0.139. The maximum Gasteiger partial charge on any atom is 0.304 e. The van der Waals surface area contributed by atoms with Gasteiger partial charge in [0.05, 0.1) is 22.5 Å². The fourth-order valence-electron chi connectivity index (χ4n) is 2.05. The van der Waals surface area contributed by atoms with Crippen molar-refractivity contribution >= 4 is 27.8 Å². The van der Waals surface area contributed by atoms with E-state index in [2.05, 4.69) is 0 Å². The first-order valence-corrected chi connectivity index (χ1v) is 7.00. The second-order valence-corrected chi connectivity index (χ2v) is 5.49. The molecule has 6 nitrogen and oxygen atoms in total. The lowest BCUT2D eigenvalue weighted by Crippen LogP contribution is -2.42. The van der Waals surface area contributed by atoms with Crippen LogP contribution >= 0.6 is 11.3 Å². The minimum absolute atomic E-state index is 0.0203. The van der Waals surface area contributed by atoms with Gasteiger partial charge in [0.1, 0.15) is 0 Å². The number of carbonyl (C=O) groups excluding carboxylic acids is 1. The second-order valence-electron chi connectivity index (χ2n) is 4.46. The third-order valence-electron chi connectivity index (χ3n) is 3.12. The van der Waals surface area contributed by atoms with Gasteiger partial charge in [-0.1, -0.05) is 6.92 Å². The number of carbonyl (C=O) groups is 1. The number of nitro groups is 1. The number of hydrogen-bond donors (Lipinski definition) is 0. The number of Topliss-reactive ketones (excluding diaryl/α,β-unsaturated/α-hetero) is 1. The Morgan fingerprint density at radius 2 is 2.42 bits per heavy atom. The summed E-state index contributed by atoms with van der Waals surface area (Å²) in [5.41, 5.74) is 0.0203. The lowest BCUT2D eigenvalue weighted by atomic mass is 10.2. The molecule has 0 aliphatic carbocycles. The summed E-state index contributed by atoms with van der Waals surface area (Å²) in [5, 5.41) is 11.7. The predicted molar refractivity (Wildman–Crippen MR) is 73.2 cm³/mol. The van der Waals surface area contributed by atoms with E-state index in [4.69, 9.17) is 4.74 Å². The molecule has 1 aromatic rings. The highest BCUT2D eigenvalue weighted by Gasteiger charge is 2.28. The number of morpholine rings is 1. The molecule has 0 radical (unpaired) electrons. The number of anilines is 1. The van der Waals surface area contributed by atoms with Gasteiger partial charge < -0.3 is 9.64 Å². The summed E-state index contributed by atoms with van der Waals surface area (Å²) in [7, 11) is 0. The predicted octanol–water partition coefficient (Wildman–Crippen LogP) is 2.47. The molecule has 7 heteroatoms. The van der Waals surface area contributed by atoms with Gasteiger partial charge in [-0.25, -0.2) is 0 Å². The first-order chi connectivity index (χ1) is 9.02. The largest absolute Gasteiger partial charge is 0.375 e. The van der Waals surface area contributed by atoms with Crippen LogP contribution in [0.1, 0.15) is 29.9 Å². The van der Waals surface area contributed by atoms with Gasteiger partial charge in [-0.3, -0.25) is 14.9 Å². The van der Waals surface area contributed by atoms with Crippen LogP contribution in [0.5, 0.6) is 0 Å². The van der Waals surface area contributed by atoms with Crippen LogP contribution in [0, 0.1) is 10.1 Å². The minimum atomic E-state index is -0.422. The molecule has 104 valence electrons. The molecule has 0 aromatic carbocycles. The van der Waals surface area contributed by atoms with Gasteiger partial charge in [0, 0.05) is 19.2 Å². The van der Waals surface area contributed by atoms with E-state index < -0.39 is 4.92 Å². The first kappa shape index (κ1) is 14.0. The number of thiophene rings is 1. The Balaban J connectivity index is 2.32. The van der Waals surface area contributed by atoms with Crippen LogP contribution < -0.4 is 4.90 Å². The summed E-state index contributed by atoms with van der Waals surface area (Å²) in [4.78, 5) is 24.4. The van der Waals surface area contributed by atoms with E-state index >= 15 is 0 Å². The number of ether oxygens (including phenoxy) is 1. The van der Waals surface area contributed by atoms with Gasteiger partial charge in [0.15, 0.2) is 10.8 Å². The average Bonchev–Trinajstić information content (AvgIpc) is 2.84. The zero-order valence-corrected chi connectivity index (χ0v) is 11.7. The van der Waals surface area contributed by atoms with Crippen LogP contribution in [0.15, 0.2) is 6.07 Å². The SMILES string of the molecule is CCC1CN(c2sc(C(C)=O)cc2[N+](=O)[O-])CCO1. The molecule has 1 aliphatic rings. The van der Waals surface area contributed by atoms with Gasteiger partial charge in [0.2, 0.25) is 0 Å². The van der Waals surface area contributed by atoms with Crippen molar-refractivity contribution < 1.29 is 14.5 Å². The molecule has 1 saturated heterocycles. The van der Waals surface area contributed by atoms with E-state index in [9.17, 15) is 14.9 Å². The maximum absolute atomic E-state index is 11.4. The molecule has 0 spiro atoms. The van der Waals surface area contributed by atoms with Crippen LogP contribution in [-0.2, 0) is 4.74 Å². The molecule has 1 atom stereocenters. The van der Waals surface area contributed by atoms with E-state index in [1.165, 1.54) is 24.3 Å². The molecule has 1 unspecified atom stereocenters. The summed E-state index contributed by atoms with van der Waals surface area (Å²) < 4.78 is 5.56. The van der Waals surface area contributed by atoms with Crippen LogP contribution in [-0.4, -0.2) is 36.5 Å². The molecule has 0 N–H and O–H groups in total. The molecular weight excluding hydrogens is 268 g/mol. The number of hydrogen-bond acceptors (Lipinski definition) is 6. The lowest BCUT2D eigenvalue weighted by Gasteiger charge is -2.32. The average molecular weight is 284 g/mol. The minimum Gasteiger partial charge on any atom is -0.375 e. The third-order valence-corrected chi connectivity index (χ3v) is 4.40. The fourth-order valence-corrected chi connectivity index (χ4v) is 3.11. The number of nitrogens with zero attached hydrogens (tertiary/aromatic N) is 2. The molecule has 0 amide bonds. The van der Waals surface area contributed by atoms with Crippen LogP contribution in [0.2, 0.25) is 0 Å². The molecule has 1 fully saturated rings. The van der Waals surface area contributed by atoms with Gasteiger partial charge in [-0.05, 0) is 13.3 Å². The Hall–Kier alpha value is -1.47. The van der Waals surface area contributed by atoms with Crippen molar-refractivity contribution in [3.05, 3.63) is 21.1 Å². The summed E-state index contributed by atoms with van der Waals surface area (Å²) in [6, 6.07) is 1.37. The molecule has 1 aromatic heterocycles. The normalized spacial score (nSPS) is 19.5. The van der Waals surface area contributed by atoms with Gasteiger partial charge in [-0.15, -0.1) is 11.3 Å². The maximum atomic E-state index is 11.4. The van der Waals surface area contributed by atoms with Crippen molar-refractivity contribution in [3.8, 4) is 0 Å². The summed E-state index contributed by atoms with van der Waals surface area (Å²) >= 11 is 1.19. The molecule has 1 aliphatic heterocycles. The van der Waals surface area contributed by atoms with Gasteiger partial charge >= 0.3 is 5.69 Å². The topological polar surface area (TPSA) is 72.7 Å². The van der Waals surface area contributed by atoms with E-state index in [0.717, 1.165) is 6.42 Å². The zero-order chi connectivity index (χ0) is 14.0. The Bertz CT molecular complexity index is 500. The highest BCUT2D eigenvalue weighted by atomic mass is 32.1. The molecule has 2 rings (SSSR count). The highest BCUT2D eigenvalue weighted by Crippen LogP contribution is 2.38. The Labute approximate surface area is 115 Å². The van der Waals surface area contributed by atoms with Crippen LogP contribution in [0.25, 0.3) is 0 Å². The van der Waals surface area contributed by atoms with Crippen LogP contribution in [0.4, 0.5) is 10.7 Å². The van der Waals surface area contributed by atoms with Crippen molar-refractivity contribution in [2.75, 3.05) is 24.6 Å². The van der Waals surface area contributed by atoms with Crippen molar-refractivity contribution in [2.45, 2.75) is 26.4 Å². The lowest BCUT2D eigenvalue weighted by molar-refractivity contribution is -0.383. The van der Waals surface area contributed by atoms with Crippen molar-refractivity contribution in [2.24, 2.45) is 0 Å². The summed E-state index contributed by atoms with van der Waals surface area (Å²) in [6.45, 7) is 5.26. The van der Waals surface area contributed by atoms with Crippen molar-refractivity contribution in [3.63, 3.8) is 0 Å². The standard InChI is InChI=1S/C12H16N2O4S/c1-3-9-7-13(4-5-18-9)12-10(14(16)17)6-11(19-12)8(2)15/h6,9H,3-5,7H2,1-2H3. The smallest absolute Gasteiger partial charge is 0.304 e. The second kappa shape index (κ2) is 5.66. The molecule has 0 bridgehead atoms.